The Morgan fingerprint density at radius 1 is 1.04 bits per heavy atom. The highest BCUT2D eigenvalue weighted by molar-refractivity contribution is 6.03. The summed E-state index contributed by atoms with van der Waals surface area (Å²) in [5.74, 6) is -1.97. The van der Waals surface area contributed by atoms with Gasteiger partial charge in [-0.2, -0.15) is 5.10 Å². The molecule has 1 amide bonds. The van der Waals surface area contributed by atoms with Crippen LogP contribution in [0.25, 0.3) is 5.69 Å². The summed E-state index contributed by atoms with van der Waals surface area (Å²) in [6, 6.07) is 8.40. The molecule has 10 nitrogen and oxygen atoms in total. The molecular weight excluding hydrogens is 368 g/mol. The number of anilines is 1. The topological polar surface area (TPSA) is 126 Å². The predicted molar refractivity (Wildman–Crippen MR) is 96.4 cm³/mol. The van der Waals surface area contributed by atoms with Gasteiger partial charge in [-0.3, -0.25) is 4.79 Å². The van der Waals surface area contributed by atoms with Gasteiger partial charge in [0.05, 0.1) is 32.1 Å². The maximum absolute atomic E-state index is 12.3. The maximum Gasteiger partial charge on any atom is 0.355 e. The number of benzene rings is 1. The summed E-state index contributed by atoms with van der Waals surface area (Å²) in [4.78, 5) is 37.0. The molecule has 0 unspecified atom stereocenters. The molecule has 0 aliphatic carbocycles. The summed E-state index contributed by atoms with van der Waals surface area (Å²) in [6.45, 7) is -0.00720. The molecule has 28 heavy (non-hydrogen) atoms. The smallest absolute Gasteiger partial charge is 0.355 e. The number of carbonyl (C=O) groups excluding carboxylic acids is 3. The van der Waals surface area contributed by atoms with Crippen molar-refractivity contribution in [2.24, 2.45) is 5.73 Å². The minimum absolute atomic E-state index is 0.0534. The summed E-state index contributed by atoms with van der Waals surface area (Å²) in [7, 11) is 2.46. The van der Waals surface area contributed by atoms with Crippen LogP contribution in [-0.2, 0) is 23.8 Å². The lowest BCUT2D eigenvalue weighted by Crippen LogP contribution is -2.38. The number of primary amides is 1. The Bertz CT molecular complexity index is 947. The quantitative estimate of drug-likeness (QED) is 0.730. The fourth-order valence-electron chi connectivity index (χ4n) is 2.73. The number of aromatic nitrogens is 2. The molecule has 2 aromatic rings. The highest BCUT2D eigenvalue weighted by Gasteiger charge is 2.32. The van der Waals surface area contributed by atoms with Gasteiger partial charge < -0.3 is 24.8 Å². The first-order chi connectivity index (χ1) is 13.5. The SMILES string of the molecule is COC(=O)C1=C(C(=O)OC)N(c2ccc(-n3ccc(C(N)=O)n3)cc2)COC1. The predicted octanol–water partition coefficient (Wildman–Crippen LogP) is 0.365. The van der Waals surface area contributed by atoms with Crippen LogP contribution in [0.3, 0.4) is 0 Å². The maximum atomic E-state index is 12.3. The van der Waals surface area contributed by atoms with Gasteiger partial charge in [-0.1, -0.05) is 0 Å². The normalized spacial score (nSPS) is 14.0. The van der Waals surface area contributed by atoms with Crippen LogP contribution in [0.15, 0.2) is 47.8 Å². The first kappa shape index (κ1) is 19.1. The number of hydrogen-bond acceptors (Lipinski definition) is 8. The lowest BCUT2D eigenvalue weighted by molar-refractivity contribution is -0.140. The third-order valence-electron chi connectivity index (χ3n) is 4.10. The van der Waals surface area contributed by atoms with Gasteiger partial charge in [-0.05, 0) is 30.3 Å². The molecular formula is C18H18N4O6. The summed E-state index contributed by atoms with van der Waals surface area (Å²) >= 11 is 0. The van der Waals surface area contributed by atoms with Crippen molar-refractivity contribution < 1.29 is 28.6 Å². The first-order valence-corrected chi connectivity index (χ1v) is 8.17. The van der Waals surface area contributed by atoms with Crippen molar-refractivity contribution in [3.8, 4) is 5.69 Å². The van der Waals surface area contributed by atoms with Crippen molar-refractivity contribution in [2.45, 2.75) is 0 Å². The van der Waals surface area contributed by atoms with E-state index in [-0.39, 0.29) is 30.3 Å². The van der Waals surface area contributed by atoms with Gasteiger partial charge in [0.1, 0.15) is 18.1 Å². The molecule has 0 spiro atoms. The molecule has 1 aliphatic rings. The third-order valence-corrected chi connectivity index (χ3v) is 4.10. The highest BCUT2D eigenvalue weighted by Crippen LogP contribution is 2.27. The average Bonchev–Trinajstić information content (AvgIpc) is 3.23. The van der Waals surface area contributed by atoms with Crippen LogP contribution in [0.1, 0.15) is 10.5 Å². The minimum Gasteiger partial charge on any atom is -0.466 e. The monoisotopic (exact) mass is 386 g/mol. The van der Waals surface area contributed by atoms with Crippen LogP contribution in [0.5, 0.6) is 0 Å². The van der Waals surface area contributed by atoms with Gasteiger partial charge >= 0.3 is 11.9 Å². The molecule has 146 valence electrons. The van der Waals surface area contributed by atoms with E-state index in [0.29, 0.717) is 11.4 Å². The zero-order valence-corrected chi connectivity index (χ0v) is 15.2. The van der Waals surface area contributed by atoms with Gasteiger partial charge in [-0.15, -0.1) is 0 Å². The van der Waals surface area contributed by atoms with Crippen molar-refractivity contribution in [2.75, 3.05) is 32.5 Å². The molecule has 1 aromatic carbocycles. The van der Waals surface area contributed by atoms with Crippen LogP contribution in [0, 0.1) is 0 Å². The van der Waals surface area contributed by atoms with Crippen LogP contribution >= 0.6 is 0 Å². The van der Waals surface area contributed by atoms with Gasteiger partial charge in [0.15, 0.2) is 0 Å². The zero-order chi connectivity index (χ0) is 20.3. The van der Waals surface area contributed by atoms with Gasteiger partial charge in [0.25, 0.3) is 5.91 Å². The molecule has 1 aromatic heterocycles. The van der Waals surface area contributed by atoms with E-state index in [1.807, 2.05) is 0 Å². The van der Waals surface area contributed by atoms with Crippen LogP contribution in [0.2, 0.25) is 0 Å². The Hall–Kier alpha value is -3.66. The molecule has 2 N–H and O–H groups in total. The molecule has 10 heteroatoms. The number of esters is 2. The van der Waals surface area contributed by atoms with Crippen molar-refractivity contribution in [1.82, 2.24) is 9.78 Å². The van der Waals surface area contributed by atoms with Crippen LogP contribution in [-0.4, -0.2) is 55.2 Å². The standard InChI is InChI=1S/C18H18N4O6/c1-26-17(24)13-9-28-10-21(15(13)18(25)27-2)11-3-5-12(6-4-11)22-8-7-14(20-22)16(19)23/h3-8H,9-10H2,1-2H3,(H2,19,23). The summed E-state index contributed by atoms with van der Waals surface area (Å²) < 4.78 is 16.5. The van der Waals surface area contributed by atoms with E-state index >= 15 is 0 Å². The van der Waals surface area contributed by atoms with E-state index in [2.05, 4.69) is 5.10 Å². The van der Waals surface area contributed by atoms with Crippen molar-refractivity contribution in [1.29, 1.82) is 0 Å². The molecule has 0 radical (unpaired) electrons. The van der Waals surface area contributed by atoms with Crippen LogP contribution in [0.4, 0.5) is 5.69 Å². The molecule has 0 saturated heterocycles. The molecule has 3 rings (SSSR count). The number of rotatable bonds is 5. The van der Waals surface area contributed by atoms with Crippen molar-refractivity contribution >= 4 is 23.5 Å². The van der Waals surface area contributed by atoms with Crippen LogP contribution < -0.4 is 10.6 Å². The van der Waals surface area contributed by atoms with Gasteiger partial charge in [-0.25, -0.2) is 14.3 Å². The Labute approximate surface area is 160 Å². The molecule has 0 fully saturated rings. The molecule has 2 heterocycles. The van der Waals surface area contributed by atoms with E-state index in [4.69, 9.17) is 19.9 Å². The summed E-state index contributed by atoms with van der Waals surface area (Å²) in [5, 5.41) is 4.08. The number of carbonyl (C=O) groups is 3. The number of ether oxygens (including phenoxy) is 3. The Morgan fingerprint density at radius 3 is 2.25 bits per heavy atom. The molecule has 1 aliphatic heterocycles. The zero-order valence-electron chi connectivity index (χ0n) is 15.2. The van der Waals surface area contributed by atoms with E-state index in [1.54, 1.807) is 30.5 Å². The van der Waals surface area contributed by atoms with Gasteiger partial charge in [0, 0.05) is 11.9 Å². The molecule has 0 bridgehead atoms. The highest BCUT2D eigenvalue weighted by atomic mass is 16.5. The third kappa shape index (κ3) is 3.58. The number of amides is 1. The number of nitrogens with zero attached hydrogens (tertiary/aromatic N) is 3. The largest absolute Gasteiger partial charge is 0.466 e. The number of nitrogens with two attached hydrogens (primary N) is 1. The second kappa shape index (κ2) is 7.92. The number of methoxy groups -OCH3 is 2. The summed E-state index contributed by atoms with van der Waals surface area (Å²) in [6.07, 6.45) is 1.61. The number of hydrogen-bond donors (Lipinski definition) is 1. The summed E-state index contributed by atoms with van der Waals surface area (Å²) in [5.41, 5.74) is 6.75. The van der Waals surface area contributed by atoms with E-state index < -0.39 is 17.8 Å². The second-order valence-corrected chi connectivity index (χ2v) is 5.74. The van der Waals surface area contributed by atoms with Gasteiger partial charge in [0.2, 0.25) is 0 Å². The Morgan fingerprint density at radius 2 is 1.68 bits per heavy atom. The second-order valence-electron chi connectivity index (χ2n) is 5.74. The average molecular weight is 386 g/mol. The lowest BCUT2D eigenvalue weighted by Gasteiger charge is -2.31. The van der Waals surface area contributed by atoms with E-state index in [9.17, 15) is 14.4 Å². The van der Waals surface area contributed by atoms with E-state index in [0.717, 1.165) is 0 Å². The van der Waals surface area contributed by atoms with Crippen molar-refractivity contribution in [3.05, 3.63) is 53.5 Å². The Kier molecular flexibility index (Phi) is 5.41. The fourth-order valence-corrected chi connectivity index (χ4v) is 2.73. The Balaban J connectivity index is 1.95. The fraction of sp³-hybridized carbons (Fsp3) is 0.222. The van der Waals surface area contributed by atoms with Crippen molar-refractivity contribution in [3.63, 3.8) is 0 Å². The van der Waals surface area contributed by atoms with E-state index in [1.165, 1.54) is 29.9 Å². The molecule has 0 saturated carbocycles. The molecule has 0 atom stereocenters. The first-order valence-electron chi connectivity index (χ1n) is 8.17. The lowest BCUT2D eigenvalue weighted by atomic mass is 10.1. The minimum atomic E-state index is -0.675.